The predicted molar refractivity (Wildman–Crippen MR) is 59.8 cm³/mol. The molecule has 1 aromatic heterocycles. The highest BCUT2D eigenvalue weighted by atomic mass is 16.3. The van der Waals surface area contributed by atoms with Crippen LogP contribution in [0.25, 0.3) is 0 Å². The maximum Gasteiger partial charge on any atom is 0.287 e. The lowest BCUT2D eigenvalue weighted by Gasteiger charge is -2.31. The Hall–Kier alpha value is -1.25. The highest BCUT2D eigenvalue weighted by Crippen LogP contribution is 2.20. The minimum absolute atomic E-state index is 0.0934. The maximum atomic E-state index is 11.8. The summed E-state index contributed by atoms with van der Waals surface area (Å²) in [6.07, 6.45) is 4.33. The second-order valence-corrected chi connectivity index (χ2v) is 3.77. The van der Waals surface area contributed by atoms with E-state index in [1.165, 1.54) is 6.26 Å². The second kappa shape index (κ2) is 5.01. The van der Waals surface area contributed by atoms with E-state index < -0.39 is 0 Å². The van der Waals surface area contributed by atoms with Crippen LogP contribution in [-0.4, -0.2) is 11.4 Å². The zero-order valence-electron chi connectivity index (χ0n) is 9.67. The molecular formula is C12H19NO2. The Kier molecular flexibility index (Phi) is 3.95. The van der Waals surface area contributed by atoms with Crippen molar-refractivity contribution in [3.63, 3.8) is 0 Å². The summed E-state index contributed by atoms with van der Waals surface area (Å²) >= 11 is 0. The maximum absolute atomic E-state index is 11.8. The fraction of sp³-hybridized carbons (Fsp3) is 0.583. The Bertz CT molecular complexity index is 291. The monoisotopic (exact) mass is 209 g/mol. The van der Waals surface area contributed by atoms with Crippen molar-refractivity contribution in [2.24, 2.45) is 0 Å². The Labute approximate surface area is 90.9 Å². The molecule has 0 aliphatic heterocycles. The van der Waals surface area contributed by atoms with E-state index in [9.17, 15) is 4.79 Å². The predicted octanol–water partition coefficient (Wildman–Crippen LogP) is 2.98. The molecule has 0 saturated heterocycles. The molecular weight excluding hydrogens is 190 g/mol. The molecule has 1 N–H and O–H groups in total. The molecule has 0 aliphatic carbocycles. The smallest absolute Gasteiger partial charge is 0.287 e. The molecule has 0 bridgehead atoms. The zero-order chi connectivity index (χ0) is 11.3. The topological polar surface area (TPSA) is 42.2 Å². The molecule has 15 heavy (non-hydrogen) atoms. The van der Waals surface area contributed by atoms with E-state index in [0.29, 0.717) is 5.76 Å². The van der Waals surface area contributed by atoms with Crippen LogP contribution in [0.2, 0.25) is 0 Å². The fourth-order valence-electron chi connectivity index (χ4n) is 1.73. The van der Waals surface area contributed by atoms with E-state index >= 15 is 0 Å². The van der Waals surface area contributed by atoms with Crippen LogP contribution in [0.5, 0.6) is 0 Å². The van der Waals surface area contributed by atoms with Crippen molar-refractivity contribution in [3.8, 4) is 0 Å². The number of carbonyl (C=O) groups excluding carboxylic acids is 1. The molecule has 0 aliphatic rings. The molecule has 1 amide bonds. The first-order valence-corrected chi connectivity index (χ1v) is 5.53. The lowest BCUT2D eigenvalue weighted by molar-refractivity contribution is 0.0859. The van der Waals surface area contributed by atoms with Crippen LogP contribution >= 0.6 is 0 Å². The van der Waals surface area contributed by atoms with Gasteiger partial charge in [0.25, 0.3) is 5.91 Å². The summed E-state index contributed by atoms with van der Waals surface area (Å²) in [6.45, 7) is 6.28. The van der Waals surface area contributed by atoms with Crippen LogP contribution in [-0.2, 0) is 0 Å². The first-order chi connectivity index (χ1) is 7.17. The summed E-state index contributed by atoms with van der Waals surface area (Å²) in [6, 6.07) is 3.40. The van der Waals surface area contributed by atoms with Gasteiger partial charge in [-0.05, 0) is 31.4 Å². The quantitative estimate of drug-likeness (QED) is 0.810. The van der Waals surface area contributed by atoms with Crippen molar-refractivity contribution < 1.29 is 9.21 Å². The summed E-state index contributed by atoms with van der Waals surface area (Å²) < 4.78 is 5.06. The molecule has 84 valence electrons. The average molecular weight is 209 g/mol. The van der Waals surface area contributed by atoms with E-state index in [-0.39, 0.29) is 11.4 Å². The van der Waals surface area contributed by atoms with Gasteiger partial charge in [0.2, 0.25) is 0 Å². The minimum atomic E-state index is -0.120. The normalized spacial score (nSPS) is 11.4. The van der Waals surface area contributed by atoms with Crippen LogP contribution in [0, 0.1) is 0 Å². The van der Waals surface area contributed by atoms with Gasteiger partial charge in [-0.3, -0.25) is 4.79 Å². The van der Waals surface area contributed by atoms with Crippen LogP contribution in [0.15, 0.2) is 22.8 Å². The van der Waals surface area contributed by atoms with Gasteiger partial charge >= 0.3 is 0 Å². The summed E-state index contributed by atoms with van der Waals surface area (Å²) in [5.41, 5.74) is -0.0934. The van der Waals surface area contributed by atoms with Crippen molar-refractivity contribution in [1.82, 2.24) is 5.32 Å². The van der Waals surface area contributed by atoms with Gasteiger partial charge in [-0.2, -0.15) is 0 Å². The van der Waals surface area contributed by atoms with Crippen molar-refractivity contribution >= 4 is 5.91 Å². The molecule has 3 heteroatoms. The standard InChI is InChI=1S/C12H19NO2/c1-4-12(5-2,6-3)13-11(14)10-8-7-9-15-10/h7-9H,4-6H2,1-3H3,(H,13,14). The molecule has 1 heterocycles. The Morgan fingerprint density at radius 1 is 1.33 bits per heavy atom. The number of carbonyl (C=O) groups is 1. The van der Waals surface area contributed by atoms with Crippen LogP contribution in [0.1, 0.15) is 50.6 Å². The number of hydrogen-bond donors (Lipinski definition) is 1. The summed E-state index contributed by atoms with van der Waals surface area (Å²) in [4.78, 5) is 11.8. The van der Waals surface area contributed by atoms with Crippen LogP contribution < -0.4 is 5.32 Å². The number of hydrogen-bond acceptors (Lipinski definition) is 2. The first-order valence-electron chi connectivity index (χ1n) is 5.53. The summed E-state index contributed by atoms with van der Waals surface area (Å²) in [5.74, 6) is 0.264. The molecule has 0 unspecified atom stereocenters. The van der Waals surface area contributed by atoms with Gasteiger partial charge in [-0.15, -0.1) is 0 Å². The van der Waals surface area contributed by atoms with E-state index in [0.717, 1.165) is 19.3 Å². The van der Waals surface area contributed by atoms with E-state index in [2.05, 4.69) is 26.1 Å². The molecule has 1 rings (SSSR count). The summed E-state index contributed by atoms with van der Waals surface area (Å²) in [5, 5.41) is 3.05. The van der Waals surface area contributed by atoms with Gasteiger partial charge in [-0.25, -0.2) is 0 Å². The largest absolute Gasteiger partial charge is 0.459 e. The highest BCUT2D eigenvalue weighted by Gasteiger charge is 2.26. The van der Waals surface area contributed by atoms with E-state index in [4.69, 9.17) is 4.42 Å². The molecule has 0 saturated carbocycles. The molecule has 0 spiro atoms. The Morgan fingerprint density at radius 3 is 2.33 bits per heavy atom. The third-order valence-electron chi connectivity index (χ3n) is 3.15. The van der Waals surface area contributed by atoms with Crippen molar-refractivity contribution in [3.05, 3.63) is 24.2 Å². The van der Waals surface area contributed by atoms with Crippen LogP contribution in [0.3, 0.4) is 0 Å². The lowest BCUT2D eigenvalue weighted by atomic mass is 9.90. The van der Waals surface area contributed by atoms with Crippen molar-refractivity contribution in [1.29, 1.82) is 0 Å². The Balaban J connectivity index is 2.71. The first kappa shape index (κ1) is 11.8. The van der Waals surface area contributed by atoms with E-state index in [1.54, 1.807) is 12.1 Å². The van der Waals surface area contributed by atoms with Gasteiger partial charge in [-0.1, -0.05) is 20.8 Å². The molecule has 1 aromatic rings. The van der Waals surface area contributed by atoms with Crippen molar-refractivity contribution in [2.45, 2.75) is 45.6 Å². The number of nitrogens with one attached hydrogen (secondary N) is 1. The third kappa shape index (κ3) is 2.61. The van der Waals surface area contributed by atoms with Crippen molar-refractivity contribution in [2.75, 3.05) is 0 Å². The van der Waals surface area contributed by atoms with E-state index in [1.807, 2.05) is 0 Å². The molecule has 0 radical (unpaired) electrons. The zero-order valence-corrected chi connectivity index (χ0v) is 9.67. The average Bonchev–Trinajstić information content (AvgIpc) is 2.79. The lowest BCUT2D eigenvalue weighted by Crippen LogP contribution is -2.47. The van der Waals surface area contributed by atoms with Gasteiger partial charge in [0, 0.05) is 5.54 Å². The SMILES string of the molecule is CCC(CC)(CC)NC(=O)c1ccco1. The Morgan fingerprint density at radius 2 is 1.93 bits per heavy atom. The fourth-order valence-corrected chi connectivity index (χ4v) is 1.73. The van der Waals surface area contributed by atoms with Gasteiger partial charge in [0.15, 0.2) is 5.76 Å². The number of furan rings is 1. The second-order valence-electron chi connectivity index (χ2n) is 3.77. The molecule has 0 fully saturated rings. The highest BCUT2D eigenvalue weighted by molar-refractivity contribution is 5.91. The summed E-state index contributed by atoms with van der Waals surface area (Å²) in [7, 11) is 0. The van der Waals surface area contributed by atoms with Gasteiger partial charge in [0.05, 0.1) is 6.26 Å². The third-order valence-corrected chi connectivity index (χ3v) is 3.15. The van der Waals surface area contributed by atoms with Gasteiger partial charge in [0.1, 0.15) is 0 Å². The minimum Gasteiger partial charge on any atom is -0.459 e. The molecule has 0 aromatic carbocycles. The van der Waals surface area contributed by atoms with Gasteiger partial charge < -0.3 is 9.73 Å². The van der Waals surface area contributed by atoms with Crippen LogP contribution in [0.4, 0.5) is 0 Å². The number of rotatable bonds is 5. The molecule has 3 nitrogen and oxygen atoms in total. The number of amides is 1. The molecule has 0 atom stereocenters.